The Morgan fingerprint density at radius 2 is 1.67 bits per heavy atom. The molecule has 3 unspecified atom stereocenters. The fourth-order valence-electron chi connectivity index (χ4n) is 0.946. The van der Waals surface area contributed by atoms with Gasteiger partial charge in [-0.2, -0.15) is 10.2 Å². The summed E-state index contributed by atoms with van der Waals surface area (Å²) in [6.07, 6.45) is -3.97. The van der Waals surface area contributed by atoms with E-state index >= 15 is 0 Å². The molecule has 3 atom stereocenters. The Bertz CT molecular complexity index is 410. The van der Waals surface area contributed by atoms with Crippen molar-refractivity contribution in [3.8, 4) is 0 Å². The summed E-state index contributed by atoms with van der Waals surface area (Å²) in [7, 11) is 0. The standard InChI is InChI=1S/C8H16N6O4S2.Cu/c9-7(19)13-11-1-3(12-14-8(10)20)5(17)6(18)4(16)2-15;/h1,4-6,15-18H,2H2,(H3,9,13,19)(H3,10,14,20);. The molecule has 10 N–H and O–H groups in total. The van der Waals surface area contributed by atoms with E-state index in [0.29, 0.717) is 0 Å². The van der Waals surface area contributed by atoms with Gasteiger partial charge in [0.2, 0.25) is 0 Å². The Balaban J connectivity index is 0. The van der Waals surface area contributed by atoms with Crippen LogP contribution in [0.15, 0.2) is 10.2 Å². The zero-order valence-corrected chi connectivity index (χ0v) is 13.0. The number of aliphatic hydroxyl groups is 4. The Kier molecular flexibility index (Phi) is 12.5. The average Bonchev–Trinajstić information content (AvgIpc) is 2.39. The van der Waals surface area contributed by atoms with Crippen molar-refractivity contribution < 1.29 is 37.5 Å². The van der Waals surface area contributed by atoms with E-state index in [1.54, 1.807) is 0 Å². The van der Waals surface area contributed by atoms with E-state index in [0.717, 1.165) is 6.21 Å². The van der Waals surface area contributed by atoms with Crippen molar-refractivity contribution in [2.45, 2.75) is 18.3 Å². The van der Waals surface area contributed by atoms with Crippen molar-refractivity contribution in [2.75, 3.05) is 6.61 Å². The van der Waals surface area contributed by atoms with Gasteiger partial charge in [0.25, 0.3) is 0 Å². The quantitative estimate of drug-likeness (QED) is 0.0928. The largest absolute Gasteiger partial charge is 0.394 e. The van der Waals surface area contributed by atoms with Crippen LogP contribution in [0.5, 0.6) is 0 Å². The van der Waals surface area contributed by atoms with Crippen LogP contribution >= 0.6 is 24.4 Å². The fourth-order valence-corrected chi connectivity index (χ4v) is 1.04. The molecule has 0 bridgehead atoms. The van der Waals surface area contributed by atoms with Crippen LogP contribution in [0, 0.1) is 0 Å². The minimum atomic E-state index is -1.71. The van der Waals surface area contributed by atoms with Gasteiger partial charge >= 0.3 is 0 Å². The van der Waals surface area contributed by atoms with Gasteiger partial charge in [-0.05, 0) is 24.4 Å². The molecule has 0 aliphatic carbocycles. The fraction of sp³-hybridized carbons (Fsp3) is 0.500. The first-order chi connectivity index (χ1) is 9.29. The molecule has 0 spiro atoms. The minimum absolute atomic E-state index is 0. The Morgan fingerprint density at radius 1 is 1.14 bits per heavy atom. The molecule has 0 aromatic carbocycles. The summed E-state index contributed by atoms with van der Waals surface area (Å²) in [5.74, 6) is 0. The van der Waals surface area contributed by atoms with E-state index in [-0.39, 0.29) is 33.0 Å². The maximum atomic E-state index is 9.80. The molecule has 125 valence electrons. The molecule has 0 saturated heterocycles. The van der Waals surface area contributed by atoms with Crippen LogP contribution in [0.3, 0.4) is 0 Å². The summed E-state index contributed by atoms with van der Waals surface area (Å²) in [6, 6.07) is 0. The zero-order chi connectivity index (χ0) is 15.7. The first kappa shape index (κ1) is 22.4. The van der Waals surface area contributed by atoms with Crippen LogP contribution in [0.4, 0.5) is 0 Å². The van der Waals surface area contributed by atoms with Crippen LogP contribution in [0.25, 0.3) is 0 Å². The molecule has 0 aliphatic rings. The maximum absolute atomic E-state index is 9.80. The first-order valence-corrected chi connectivity index (χ1v) is 5.97. The number of hydrazone groups is 2. The van der Waals surface area contributed by atoms with Gasteiger partial charge in [0.15, 0.2) is 10.2 Å². The summed E-state index contributed by atoms with van der Waals surface area (Å²) in [5.41, 5.74) is 14.4. The van der Waals surface area contributed by atoms with Gasteiger partial charge in [-0.3, -0.25) is 10.9 Å². The second kappa shape index (κ2) is 11.7. The average molecular weight is 388 g/mol. The molecule has 0 fully saturated rings. The predicted molar refractivity (Wildman–Crippen MR) is 80.9 cm³/mol. The summed E-state index contributed by atoms with van der Waals surface area (Å²) >= 11 is 9.02. The normalized spacial score (nSPS) is 15.7. The van der Waals surface area contributed by atoms with Crippen LogP contribution < -0.4 is 22.3 Å². The Labute approximate surface area is 141 Å². The Hall–Kier alpha value is -0.921. The van der Waals surface area contributed by atoms with E-state index in [9.17, 15) is 15.3 Å². The van der Waals surface area contributed by atoms with Crippen molar-refractivity contribution in [2.24, 2.45) is 21.7 Å². The number of hydrogen-bond donors (Lipinski definition) is 8. The van der Waals surface area contributed by atoms with Crippen LogP contribution in [0.2, 0.25) is 0 Å². The van der Waals surface area contributed by atoms with Gasteiger partial charge in [0.1, 0.15) is 24.0 Å². The number of nitrogens with two attached hydrogens (primary N) is 2. The van der Waals surface area contributed by atoms with Gasteiger partial charge in [0.05, 0.1) is 12.8 Å². The van der Waals surface area contributed by atoms with E-state index in [4.69, 9.17) is 16.6 Å². The third-order valence-corrected chi connectivity index (χ3v) is 2.06. The SMILES string of the molecule is NC(=S)NN=CC(=NNC(N)=S)C(O)C(O)C(O)CO.[Cu]. The van der Waals surface area contributed by atoms with Crippen molar-refractivity contribution in [1.82, 2.24) is 10.9 Å². The number of rotatable bonds is 7. The maximum Gasteiger partial charge on any atom is 0.184 e. The number of thiocarbonyl (C=S) groups is 2. The van der Waals surface area contributed by atoms with Crippen LogP contribution in [-0.4, -0.2) is 67.5 Å². The topological polar surface area (TPSA) is 182 Å². The monoisotopic (exact) mass is 387 g/mol. The molecule has 0 rings (SSSR count). The summed E-state index contributed by atoms with van der Waals surface area (Å²) in [6.45, 7) is -0.753. The summed E-state index contributed by atoms with van der Waals surface area (Å²) in [5, 5.41) is 44.1. The summed E-state index contributed by atoms with van der Waals surface area (Å²) in [4.78, 5) is 0. The molecule has 10 nitrogen and oxygen atoms in total. The Morgan fingerprint density at radius 3 is 2.10 bits per heavy atom. The number of nitrogens with one attached hydrogen (secondary N) is 2. The van der Waals surface area contributed by atoms with E-state index in [1.807, 2.05) is 0 Å². The van der Waals surface area contributed by atoms with Crippen molar-refractivity contribution in [3.63, 3.8) is 0 Å². The summed E-state index contributed by atoms with van der Waals surface area (Å²) < 4.78 is 0. The third-order valence-electron chi connectivity index (χ3n) is 1.87. The van der Waals surface area contributed by atoms with Gasteiger partial charge in [-0.15, -0.1) is 0 Å². The van der Waals surface area contributed by atoms with E-state index in [1.165, 1.54) is 0 Å². The second-order valence-electron chi connectivity index (χ2n) is 3.43. The first-order valence-electron chi connectivity index (χ1n) is 5.16. The number of aliphatic hydroxyl groups excluding tert-OH is 4. The molecule has 0 aromatic heterocycles. The molecule has 0 heterocycles. The molecule has 21 heavy (non-hydrogen) atoms. The number of nitrogens with zero attached hydrogens (tertiary/aromatic N) is 2. The van der Waals surface area contributed by atoms with Crippen molar-refractivity contribution in [3.05, 3.63) is 0 Å². The third kappa shape index (κ3) is 9.60. The molecule has 0 amide bonds. The van der Waals surface area contributed by atoms with E-state index < -0.39 is 24.9 Å². The van der Waals surface area contributed by atoms with Crippen LogP contribution in [0.1, 0.15) is 0 Å². The second-order valence-corrected chi connectivity index (χ2v) is 4.31. The van der Waals surface area contributed by atoms with Gasteiger partial charge in [0, 0.05) is 17.1 Å². The predicted octanol–water partition coefficient (Wildman–Crippen LogP) is -3.93. The molecule has 13 heteroatoms. The molecule has 0 aromatic rings. The number of hydrogen-bond acceptors (Lipinski definition) is 8. The smallest absolute Gasteiger partial charge is 0.184 e. The van der Waals surface area contributed by atoms with Crippen LogP contribution in [-0.2, 0) is 17.1 Å². The van der Waals surface area contributed by atoms with Gasteiger partial charge in [-0.25, -0.2) is 0 Å². The molecule has 1 radical (unpaired) electrons. The molecule has 0 aliphatic heterocycles. The molecule has 0 saturated carbocycles. The van der Waals surface area contributed by atoms with Gasteiger partial charge < -0.3 is 31.9 Å². The van der Waals surface area contributed by atoms with Gasteiger partial charge in [-0.1, -0.05) is 0 Å². The van der Waals surface area contributed by atoms with E-state index in [2.05, 4.69) is 45.5 Å². The van der Waals surface area contributed by atoms with Crippen molar-refractivity contribution in [1.29, 1.82) is 0 Å². The minimum Gasteiger partial charge on any atom is -0.394 e. The molecular formula is C8H16CuN6O4S2. The molecular weight excluding hydrogens is 372 g/mol. The zero-order valence-electron chi connectivity index (χ0n) is 10.5. The van der Waals surface area contributed by atoms with Crippen molar-refractivity contribution >= 4 is 46.6 Å².